The summed E-state index contributed by atoms with van der Waals surface area (Å²) in [4.78, 5) is 27.9. The molecule has 164 valence electrons. The van der Waals surface area contributed by atoms with Gasteiger partial charge in [-0.2, -0.15) is 0 Å². The Labute approximate surface area is 189 Å². The fourth-order valence-corrected chi connectivity index (χ4v) is 3.98. The third-order valence-electron chi connectivity index (χ3n) is 5.29. The number of amides is 2. The zero-order valence-electron chi connectivity index (χ0n) is 17.4. The highest BCUT2D eigenvalue weighted by molar-refractivity contribution is 6.30. The average molecular weight is 455 g/mol. The molecule has 0 bridgehead atoms. The lowest BCUT2D eigenvalue weighted by Crippen LogP contribution is -2.39. The van der Waals surface area contributed by atoms with Crippen molar-refractivity contribution in [2.24, 2.45) is 0 Å². The molecule has 1 N–H and O–H groups in total. The first-order chi connectivity index (χ1) is 15.4. The van der Waals surface area contributed by atoms with Crippen LogP contribution in [-0.4, -0.2) is 37.5 Å². The van der Waals surface area contributed by atoms with Crippen molar-refractivity contribution >= 4 is 29.1 Å². The molecule has 3 aromatic rings. The number of methoxy groups -OCH3 is 2. The molecular weight excluding hydrogens is 435 g/mol. The van der Waals surface area contributed by atoms with Crippen molar-refractivity contribution in [2.45, 2.75) is 6.04 Å². The summed E-state index contributed by atoms with van der Waals surface area (Å²) < 4.78 is 24.3. The van der Waals surface area contributed by atoms with E-state index in [0.29, 0.717) is 33.3 Å². The summed E-state index contributed by atoms with van der Waals surface area (Å²) in [6.45, 7) is -0.220. The van der Waals surface area contributed by atoms with Crippen molar-refractivity contribution in [3.63, 3.8) is 0 Å². The van der Waals surface area contributed by atoms with E-state index in [4.69, 9.17) is 21.1 Å². The Balaban J connectivity index is 1.89. The molecule has 0 radical (unpaired) electrons. The van der Waals surface area contributed by atoms with Gasteiger partial charge < -0.3 is 19.7 Å². The topological polar surface area (TPSA) is 67.9 Å². The molecule has 8 heteroatoms. The minimum Gasteiger partial charge on any atom is -0.497 e. The van der Waals surface area contributed by atoms with Crippen LogP contribution in [-0.2, 0) is 4.79 Å². The van der Waals surface area contributed by atoms with Crippen LogP contribution in [0.5, 0.6) is 11.5 Å². The summed E-state index contributed by atoms with van der Waals surface area (Å²) in [5, 5.41) is 3.27. The number of benzene rings is 3. The molecule has 6 nitrogen and oxygen atoms in total. The number of hydrogen-bond acceptors (Lipinski definition) is 4. The average Bonchev–Trinajstić information content (AvgIpc) is 2.94. The van der Waals surface area contributed by atoms with Gasteiger partial charge in [0.2, 0.25) is 5.91 Å². The minimum absolute atomic E-state index is 0.220. The quantitative estimate of drug-likeness (QED) is 0.621. The number of ether oxygens (including phenoxy) is 2. The number of carbonyl (C=O) groups excluding carboxylic acids is 2. The summed E-state index contributed by atoms with van der Waals surface area (Å²) in [6.07, 6.45) is 0. The molecule has 0 saturated heterocycles. The first-order valence-electron chi connectivity index (χ1n) is 9.79. The Hall–Kier alpha value is -3.58. The van der Waals surface area contributed by atoms with Gasteiger partial charge in [0.25, 0.3) is 5.91 Å². The Morgan fingerprint density at radius 1 is 1.06 bits per heavy atom. The lowest BCUT2D eigenvalue weighted by Gasteiger charge is -2.31. The van der Waals surface area contributed by atoms with Crippen LogP contribution >= 0.6 is 11.6 Å². The molecule has 3 aromatic carbocycles. The summed E-state index contributed by atoms with van der Waals surface area (Å²) in [5.41, 5.74) is 2.05. The molecular formula is C24H20ClFN2O4. The van der Waals surface area contributed by atoms with E-state index in [9.17, 15) is 14.0 Å². The van der Waals surface area contributed by atoms with Gasteiger partial charge in [-0.05, 0) is 48.0 Å². The standard InChI is InChI=1S/C24H20ClFN2O4/c1-31-17-8-9-18(21(12-17)32-2)24(30)28-13-22(29)27-20-10-5-15(25)11-19(20)23(28)14-3-6-16(26)7-4-14/h3-12,23H,13H2,1-2H3,(H,27,29)/t23-/m1/s1. The van der Waals surface area contributed by atoms with Crippen molar-refractivity contribution in [1.82, 2.24) is 4.90 Å². The van der Waals surface area contributed by atoms with E-state index >= 15 is 0 Å². The smallest absolute Gasteiger partial charge is 0.258 e. The molecule has 0 aliphatic carbocycles. The molecule has 32 heavy (non-hydrogen) atoms. The van der Waals surface area contributed by atoms with Gasteiger partial charge in [0.05, 0.1) is 25.8 Å². The van der Waals surface area contributed by atoms with Crippen molar-refractivity contribution in [1.29, 1.82) is 0 Å². The Morgan fingerprint density at radius 3 is 2.50 bits per heavy atom. The highest BCUT2D eigenvalue weighted by atomic mass is 35.5. The number of carbonyl (C=O) groups is 2. The van der Waals surface area contributed by atoms with E-state index in [1.54, 1.807) is 48.5 Å². The molecule has 1 heterocycles. The maximum atomic E-state index is 13.7. The molecule has 4 rings (SSSR count). The van der Waals surface area contributed by atoms with Crippen LogP contribution in [0.4, 0.5) is 10.1 Å². The fraction of sp³-hybridized carbons (Fsp3) is 0.167. The molecule has 1 aliphatic heterocycles. The molecule has 2 amide bonds. The normalized spacial score (nSPS) is 15.4. The van der Waals surface area contributed by atoms with E-state index in [1.807, 2.05) is 0 Å². The molecule has 0 unspecified atom stereocenters. The summed E-state index contributed by atoms with van der Waals surface area (Å²) in [7, 11) is 2.97. The predicted octanol–water partition coefficient (Wildman–Crippen LogP) is 4.68. The van der Waals surface area contributed by atoms with Crippen LogP contribution < -0.4 is 14.8 Å². The summed E-state index contributed by atoms with van der Waals surface area (Å²) in [5.74, 6) is -0.360. The largest absolute Gasteiger partial charge is 0.497 e. The zero-order valence-corrected chi connectivity index (χ0v) is 18.2. The van der Waals surface area contributed by atoms with Gasteiger partial charge in [-0.3, -0.25) is 9.59 Å². The SMILES string of the molecule is COc1ccc(C(=O)N2CC(=O)Nc3ccc(Cl)cc3[C@H]2c2ccc(F)cc2)c(OC)c1. The highest BCUT2D eigenvalue weighted by Crippen LogP contribution is 2.39. The molecule has 1 atom stereocenters. The van der Waals surface area contributed by atoms with E-state index in [-0.39, 0.29) is 18.0 Å². The monoisotopic (exact) mass is 454 g/mol. The number of nitrogens with one attached hydrogen (secondary N) is 1. The van der Waals surface area contributed by atoms with Gasteiger partial charge in [-0.1, -0.05) is 23.7 Å². The molecule has 0 saturated carbocycles. The lowest BCUT2D eigenvalue weighted by atomic mass is 9.95. The first-order valence-corrected chi connectivity index (χ1v) is 10.2. The van der Waals surface area contributed by atoms with Crippen LogP contribution in [0.2, 0.25) is 5.02 Å². The maximum Gasteiger partial charge on any atom is 0.258 e. The molecule has 0 spiro atoms. The number of fused-ring (bicyclic) bond motifs is 1. The van der Waals surface area contributed by atoms with Crippen LogP contribution in [0.3, 0.4) is 0 Å². The van der Waals surface area contributed by atoms with Gasteiger partial charge >= 0.3 is 0 Å². The number of nitrogens with zero attached hydrogens (tertiary/aromatic N) is 1. The second kappa shape index (κ2) is 8.88. The summed E-state index contributed by atoms with van der Waals surface area (Å²) >= 11 is 6.26. The Bertz CT molecular complexity index is 1180. The van der Waals surface area contributed by atoms with Crippen LogP contribution in [0.25, 0.3) is 0 Å². The van der Waals surface area contributed by atoms with Gasteiger partial charge in [0.1, 0.15) is 23.9 Å². The minimum atomic E-state index is -0.692. The zero-order chi connectivity index (χ0) is 22.8. The number of anilines is 1. The number of halogens is 2. The lowest BCUT2D eigenvalue weighted by molar-refractivity contribution is -0.117. The summed E-state index contributed by atoms with van der Waals surface area (Å²) in [6, 6.07) is 15.0. The predicted molar refractivity (Wildman–Crippen MR) is 119 cm³/mol. The first kappa shape index (κ1) is 21.6. The molecule has 1 aliphatic rings. The van der Waals surface area contributed by atoms with Crippen molar-refractivity contribution in [2.75, 3.05) is 26.1 Å². The van der Waals surface area contributed by atoms with Crippen LogP contribution in [0.1, 0.15) is 27.5 Å². The van der Waals surface area contributed by atoms with E-state index in [2.05, 4.69) is 5.32 Å². The Morgan fingerprint density at radius 2 is 1.81 bits per heavy atom. The third kappa shape index (κ3) is 4.11. The van der Waals surface area contributed by atoms with Gasteiger partial charge in [0, 0.05) is 22.3 Å². The van der Waals surface area contributed by atoms with Crippen molar-refractivity contribution < 1.29 is 23.5 Å². The number of hydrogen-bond donors (Lipinski definition) is 1. The Kier molecular flexibility index (Phi) is 6.01. The van der Waals surface area contributed by atoms with E-state index in [0.717, 1.165) is 0 Å². The highest BCUT2D eigenvalue weighted by Gasteiger charge is 2.35. The van der Waals surface area contributed by atoms with Crippen LogP contribution in [0.15, 0.2) is 60.7 Å². The maximum absolute atomic E-state index is 13.7. The van der Waals surface area contributed by atoms with Gasteiger partial charge in [-0.25, -0.2) is 4.39 Å². The number of rotatable bonds is 4. The third-order valence-corrected chi connectivity index (χ3v) is 5.53. The van der Waals surface area contributed by atoms with Crippen molar-refractivity contribution in [3.8, 4) is 11.5 Å². The van der Waals surface area contributed by atoms with E-state index in [1.165, 1.54) is 31.3 Å². The van der Waals surface area contributed by atoms with Gasteiger partial charge in [0.15, 0.2) is 0 Å². The molecule has 0 aromatic heterocycles. The molecule has 0 fully saturated rings. The fourth-order valence-electron chi connectivity index (χ4n) is 3.80. The second-order valence-corrected chi connectivity index (χ2v) is 7.67. The van der Waals surface area contributed by atoms with Crippen molar-refractivity contribution in [3.05, 3.63) is 88.2 Å². The van der Waals surface area contributed by atoms with Crippen LogP contribution in [0, 0.1) is 5.82 Å². The van der Waals surface area contributed by atoms with E-state index < -0.39 is 17.8 Å². The van der Waals surface area contributed by atoms with Gasteiger partial charge in [-0.15, -0.1) is 0 Å². The second-order valence-electron chi connectivity index (χ2n) is 7.23.